The predicted molar refractivity (Wildman–Crippen MR) is 95.2 cm³/mol. The highest BCUT2D eigenvalue weighted by atomic mass is 16.6. The van der Waals surface area contributed by atoms with Crippen molar-refractivity contribution in [1.82, 2.24) is 10.1 Å². The minimum atomic E-state index is -0.292. The number of fused-ring (bicyclic) bond motifs is 1. The van der Waals surface area contributed by atoms with Crippen molar-refractivity contribution in [2.45, 2.75) is 24.3 Å². The Morgan fingerprint density at radius 1 is 0.962 bits per heavy atom. The van der Waals surface area contributed by atoms with E-state index in [9.17, 15) is 0 Å². The summed E-state index contributed by atoms with van der Waals surface area (Å²) < 4.78 is 16.9. The molecule has 1 aromatic heterocycles. The molecule has 0 radical (unpaired) electrons. The molecule has 0 unspecified atom stereocenters. The summed E-state index contributed by atoms with van der Waals surface area (Å²) in [7, 11) is 0. The highest BCUT2D eigenvalue weighted by Crippen LogP contribution is 2.48. The molecule has 132 valence electrons. The summed E-state index contributed by atoms with van der Waals surface area (Å²) in [4.78, 5) is 4.70. The number of benzene rings is 2. The minimum absolute atomic E-state index is 0.153. The van der Waals surface area contributed by atoms with Crippen LogP contribution in [0.3, 0.4) is 0 Å². The lowest BCUT2D eigenvalue weighted by Gasteiger charge is -2.43. The molecule has 6 heteroatoms. The van der Waals surface area contributed by atoms with Crippen LogP contribution >= 0.6 is 0 Å². The Labute approximate surface area is 150 Å². The smallest absolute Gasteiger partial charge is 0.237 e. The van der Waals surface area contributed by atoms with Crippen LogP contribution in [-0.2, 0) is 5.41 Å². The first kappa shape index (κ1) is 15.4. The van der Waals surface area contributed by atoms with Crippen LogP contribution < -0.4 is 15.2 Å². The lowest BCUT2D eigenvalue weighted by atomic mass is 9.61. The van der Waals surface area contributed by atoms with Crippen molar-refractivity contribution in [3.63, 3.8) is 0 Å². The molecule has 0 spiro atoms. The number of hydrogen-bond acceptors (Lipinski definition) is 6. The summed E-state index contributed by atoms with van der Waals surface area (Å²) in [5, 5.41) is 4.21. The zero-order valence-corrected chi connectivity index (χ0v) is 14.2. The van der Waals surface area contributed by atoms with E-state index in [-0.39, 0.29) is 11.5 Å². The fourth-order valence-electron chi connectivity index (χ4n) is 3.84. The number of nitrogens with zero attached hydrogens (tertiary/aromatic N) is 2. The summed E-state index contributed by atoms with van der Waals surface area (Å²) in [6.45, 7) is 1.11. The van der Waals surface area contributed by atoms with Gasteiger partial charge in [-0.1, -0.05) is 35.5 Å². The average molecular weight is 349 g/mol. The van der Waals surface area contributed by atoms with Gasteiger partial charge in [-0.25, -0.2) is 0 Å². The maximum Gasteiger partial charge on any atom is 0.237 e. The van der Waals surface area contributed by atoms with Crippen LogP contribution in [0, 0.1) is 0 Å². The Bertz CT molecular complexity index is 932. The molecule has 2 N–H and O–H groups in total. The molecule has 1 fully saturated rings. The molecule has 2 aromatic carbocycles. The highest BCUT2D eigenvalue weighted by molar-refractivity contribution is 5.61. The Balaban J connectivity index is 1.52. The van der Waals surface area contributed by atoms with Gasteiger partial charge in [0.05, 0.1) is 5.41 Å². The van der Waals surface area contributed by atoms with Crippen molar-refractivity contribution in [3.05, 3.63) is 60.0 Å². The van der Waals surface area contributed by atoms with E-state index in [1.54, 1.807) is 0 Å². The number of hydrogen-bond donors (Lipinski definition) is 1. The van der Waals surface area contributed by atoms with E-state index < -0.39 is 0 Å². The fraction of sp³-hybridized carbons (Fsp3) is 0.300. The third kappa shape index (κ3) is 2.37. The van der Waals surface area contributed by atoms with Crippen LogP contribution in [0.15, 0.2) is 53.1 Å². The monoisotopic (exact) mass is 349 g/mol. The second-order valence-electron chi connectivity index (χ2n) is 6.90. The molecular weight excluding hydrogens is 330 g/mol. The molecule has 2 heterocycles. The van der Waals surface area contributed by atoms with E-state index in [0.717, 1.165) is 24.2 Å². The molecule has 1 saturated carbocycles. The van der Waals surface area contributed by atoms with Crippen molar-refractivity contribution in [1.29, 1.82) is 0 Å². The van der Waals surface area contributed by atoms with Gasteiger partial charge in [0.2, 0.25) is 11.7 Å². The maximum atomic E-state index is 6.10. The molecule has 2 aliphatic rings. The number of rotatable bonds is 3. The van der Waals surface area contributed by atoms with Crippen LogP contribution in [0.25, 0.3) is 11.4 Å². The average Bonchev–Trinajstić information content (AvgIpc) is 3.16. The minimum Gasteiger partial charge on any atom is -0.486 e. The lowest BCUT2D eigenvalue weighted by molar-refractivity contribution is 0.171. The van der Waals surface area contributed by atoms with E-state index in [4.69, 9.17) is 24.7 Å². The Morgan fingerprint density at radius 2 is 1.73 bits per heavy atom. The van der Waals surface area contributed by atoms with Gasteiger partial charge in [0.1, 0.15) is 13.2 Å². The first-order valence-electron chi connectivity index (χ1n) is 8.80. The van der Waals surface area contributed by atoms with Gasteiger partial charge in [-0.2, -0.15) is 4.98 Å². The molecule has 1 aliphatic carbocycles. The molecule has 3 aromatic rings. The second kappa shape index (κ2) is 5.85. The molecule has 5 rings (SSSR count). The molecule has 0 amide bonds. The van der Waals surface area contributed by atoms with Gasteiger partial charge in [0.25, 0.3) is 0 Å². The van der Waals surface area contributed by atoms with Crippen molar-refractivity contribution in [2.75, 3.05) is 13.2 Å². The van der Waals surface area contributed by atoms with Crippen LogP contribution in [0.1, 0.15) is 24.3 Å². The third-order valence-electron chi connectivity index (χ3n) is 5.18. The van der Waals surface area contributed by atoms with Crippen LogP contribution in [0.5, 0.6) is 11.5 Å². The molecule has 6 nitrogen and oxygen atoms in total. The first-order valence-corrected chi connectivity index (χ1v) is 8.80. The Kier molecular flexibility index (Phi) is 3.46. The lowest BCUT2D eigenvalue weighted by Crippen LogP contribution is -2.50. The predicted octanol–water partition coefficient (Wildman–Crippen LogP) is 2.92. The largest absolute Gasteiger partial charge is 0.486 e. The van der Waals surface area contributed by atoms with Gasteiger partial charge in [-0.3, -0.25) is 0 Å². The topological polar surface area (TPSA) is 83.4 Å². The van der Waals surface area contributed by atoms with E-state index in [2.05, 4.69) is 17.3 Å². The molecule has 26 heavy (non-hydrogen) atoms. The van der Waals surface area contributed by atoms with Gasteiger partial charge in [0, 0.05) is 11.6 Å². The number of nitrogens with two attached hydrogens (primary N) is 1. The molecule has 0 bridgehead atoms. The SMILES string of the molecule is NC1CC(c2ccccc2)(c2nc(-c3ccc4c(c3)OCCO4)no2)C1. The number of ether oxygens (including phenoxy) is 2. The standard InChI is InChI=1S/C20H19N3O3/c21-15-11-20(12-15,14-4-2-1-3-5-14)19-22-18(23-26-19)13-6-7-16-17(10-13)25-9-8-24-16/h1-7,10,15H,8-9,11-12,21H2. The fourth-order valence-corrected chi connectivity index (χ4v) is 3.84. The van der Waals surface area contributed by atoms with Crippen molar-refractivity contribution >= 4 is 0 Å². The van der Waals surface area contributed by atoms with Gasteiger partial charge in [-0.15, -0.1) is 0 Å². The summed E-state index contributed by atoms with van der Waals surface area (Å²) in [5.41, 5.74) is 7.82. The third-order valence-corrected chi connectivity index (χ3v) is 5.18. The number of aromatic nitrogens is 2. The molecule has 0 saturated heterocycles. The van der Waals surface area contributed by atoms with E-state index >= 15 is 0 Å². The maximum absolute atomic E-state index is 6.10. The molecule has 0 atom stereocenters. The van der Waals surface area contributed by atoms with Crippen molar-refractivity contribution in [2.24, 2.45) is 5.73 Å². The quantitative estimate of drug-likeness (QED) is 0.783. The van der Waals surface area contributed by atoms with Gasteiger partial charge in [-0.05, 0) is 36.6 Å². The van der Waals surface area contributed by atoms with Crippen molar-refractivity contribution < 1.29 is 14.0 Å². The van der Waals surface area contributed by atoms with E-state index in [1.807, 2.05) is 36.4 Å². The van der Waals surface area contributed by atoms with Gasteiger partial charge < -0.3 is 19.7 Å². The van der Waals surface area contributed by atoms with Crippen LogP contribution in [-0.4, -0.2) is 29.4 Å². The zero-order valence-electron chi connectivity index (χ0n) is 14.2. The summed E-state index contributed by atoms with van der Waals surface area (Å²) in [6, 6.07) is 16.1. The Hall–Kier alpha value is -2.86. The zero-order chi connectivity index (χ0) is 17.6. The summed E-state index contributed by atoms with van der Waals surface area (Å²) in [5.74, 6) is 2.63. The normalized spacial score (nSPS) is 24.1. The summed E-state index contributed by atoms with van der Waals surface area (Å²) >= 11 is 0. The highest BCUT2D eigenvalue weighted by Gasteiger charge is 2.49. The molecule has 1 aliphatic heterocycles. The van der Waals surface area contributed by atoms with Gasteiger partial charge >= 0.3 is 0 Å². The van der Waals surface area contributed by atoms with Gasteiger partial charge in [0.15, 0.2) is 11.5 Å². The van der Waals surface area contributed by atoms with Crippen LogP contribution in [0.2, 0.25) is 0 Å². The summed E-state index contributed by atoms with van der Waals surface area (Å²) in [6.07, 6.45) is 1.61. The Morgan fingerprint density at radius 3 is 2.50 bits per heavy atom. The second-order valence-corrected chi connectivity index (χ2v) is 6.90. The van der Waals surface area contributed by atoms with Crippen LogP contribution in [0.4, 0.5) is 0 Å². The first-order chi connectivity index (χ1) is 12.7. The molecular formula is C20H19N3O3. The van der Waals surface area contributed by atoms with E-state index in [0.29, 0.717) is 30.7 Å². The van der Waals surface area contributed by atoms with E-state index in [1.165, 1.54) is 5.56 Å². The van der Waals surface area contributed by atoms with Crippen molar-refractivity contribution in [3.8, 4) is 22.9 Å².